The fraction of sp³-hybridized carbons (Fsp3) is 0.429. The molecule has 1 aliphatic heterocycles. The summed E-state index contributed by atoms with van der Waals surface area (Å²) in [7, 11) is 0. The van der Waals surface area contributed by atoms with Crippen LogP contribution in [0.3, 0.4) is 0 Å². The highest BCUT2D eigenvalue weighted by Crippen LogP contribution is 2.33. The Balaban J connectivity index is 1.82. The first kappa shape index (κ1) is 12.0. The normalized spacial score (nSPS) is 19.0. The SMILES string of the molecule is CCc1cc(C(=O)N2CCCC2c2ccco2)no1. The van der Waals surface area contributed by atoms with Crippen LogP contribution in [0.2, 0.25) is 0 Å². The van der Waals surface area contributed by atoms with Crippen molar-refractivity contribution in [2.24, 2.45) is 0 Å². The van der Waals surface area contributed by atoms with E-state index >= 15 is 0 Å². The molecule has 100 valence electrons. The van der Waals surface area contributed by atoms with Gasteiger partial charge >= 0.3 is 0 Å². The third kappa shape index (κ3) is 2.16. The maximum atomic E-state index is 12.4. The van der Waals surface area contributed by atoms with E-state index in [4.69, 9.17) is 8.94 Å². The maximum absolute atomic E-state index is 12.4. The number of aryl methyl sites for hydroxylation is 1. The lowest BCUT2D eigenvalue weighted by atomic mass is 10.1. The van der Waals surface area contributed by atoms with E-state index in [9.17, 15) is 4.79 Å². The van der Waals surface area contributed by atoms with Crippen molar-refractivity contribution in [1.82, 2.24) is 10.1 Å². The molecular formula is C14H16N2O3. The van der Waals surface area contributed by atoms with Crippen LogP contribution < -0.4 is 0 Å². The third-order valence-electron chi connectivity index (χ3n) is 3.51. The van der Waals surface area contributed by atoms with Crippen molar-refractivity contribution in [2.45, 2.75) is 32.2 Å². The molecule has 1 saturated heterocycles. The first-order valence-electron chi connectivity index (χ1n) is 6.59. The van der Waals surface area contributed by atoms with Crippen LogP contribution in [-0.4, -0.2) is 22.5 Å². The van der Waals surface area contributed by atoms with Gasteiger partial charge in [-0.3, -0.25) is 4.79 Å². The topological polar surface area (TPSA) is 59.5 Å². The Labute approximate surface area is 111 Å². The molecular weight excluding hydrogens is 244 g/mol. The highest BCUT2D eigenvalue weighted by Gasteiger charge is 2.33. The van der Waals surface area contributed by atoms with Gasteiger partial charge in [-0.15, -0.1) is 0 Å². The molecule has 0 radical (unpaired) electrons. The third-order valence-corrected chi connectivity index (χ3v) is 3.51. The highest BCUT2D eigenvalue weighted by molar-refractivity contribution is 5.92. The van der Waals surface area contributed by atoms with Crippen LogP contribution in [0.25, 0.3) is 0 Å². The first-order chi connectivity index (χ1) is 9.29. The largest absolute Gasteiger partial charge is 0.467 e. The van der Waals surface area contributed by atoms with Crippen molar-refractivity contribution in [3.8, 4) is 0 Å². The number of amides is 1. The Morgan fingerprint density at radius 3 is 3.16 bits per heavy atom. The van der Waals surface area contributed by atoms with Gasteiger partial charge in [-0.2, -0.15) is 0 Å². The summed E-state index contributed by atoms with van der Waals surface area (Å²) in [5.74, 6) is 1.49. The number of carbonyl (C=O) groups excluding carboxylic acids is 1. The van der Waals surface area contributed by atoms with Crippen LogP contribution in [-0.2, 0) is 6.42 Å². The van der Waals surface area contributed by atoms with Crippen LogP contribution in [0.5, 0.6) is 0 Å². The number of furan rings is 1. The highest BCUT2D eigenvalue weighted by atomic mass is 16.5. The van der Waals surface area contributed by atoms with E-state index in [1.807, 2.05) is 24.0 Å². The number of carbonyl (C=O) groups is 1. The summed E-state index contributed by atoms with van der Waals surface area (Å²) in [6.07, 6.45) is 4.29. The minimum atomic E-state index is -0.0812. The molecule has 0 aromatic carbocycles. The Hall–Kier alpha value is -2.04. The second kappa shape index (κ2) is 4.91. The van der Waals surface area contributed by atoms with E-state index in [-0.39, 0.29) is 11.9 Å². The molecule has 2 aromatic heterocycles. The van der Waals surface area contributed by atoms with Crippen LogP contribution in [0.4, 0.5) is 0 Å². The maximum Gasteiger partial charge on any atom is 0.276 e. The molecule has 0 N–H and O–H groups in total. The molecule has 19 heavy (non-hydrogen) atoms. The van der Waals surface area contributed by atoms with Gasteiger partial charge < -0.3 is 13.8 Å². The van der Waals surface area contributed by atoms with Crippen molar-refractivity contribution < 1.29 is 13.7 Å². The van der Waals surface area contributed by atoms with Crippen LogP contribution >= 0.6 is 0 Å². The molecule has 0 aliphatic carbocycles. The van der Waals surface area contributed by atoms with Gasteiger partial charge in [0.15, 0.2) is 5.69 Å². The lowest BCUT2D eigenvalue weighted by Crippen LogP contribution is -2.30. The van der Waals surface area contributed by atoms with Gasteiger partial charge in [-0.05, 0) is 25.0 Å². The molecule has 1 aliphatic rings. The number of rotatable bonds is 3. The molecule has 1 fully saturated rings. The molecule has 1 atom stereocenters. The second-order valence-corrected chi connectivity index (χ2v) is 4.70. The summed E-state index contributed by atoms with van der Waals surface area (Å²) in [6.45, 7) is 2.70. The van der Waals surface area contributed by atoms with Crippen LogP contribution in [0.1, 0.15) is 47.8 Å². The molecule has 0 spiro atoms. The predicted octanol–water partition coefficient (Wildman–Crippen LogP) is 2.81. The van der Waals surface area contributed by atoms with E-state index in [0.717, 1.165) is 37.3 Å². The zero-order valence-electron chi connectivity index (χ0n) is 10.8. The predicted molar refractivity (Wildman–Crippen MR) is 67.6 cm³/mol. The summed E-state index contributed by atoms with van der Waals surface area (Å²) in [5.41, 5.74) is 0.385. The van der Waals surface area contributed by atoms with E-state index in [1.165, 1.54) is 0 Å². The number of hydrogen-bond acceptors (Lipinski definition) is 4. The minimum Gasteiger partial charge on any atom is -0.467 e. The van der Waals surface area contributed by atoms with Crippen molar-refractivity contribution in [3.63, 3.8) is 0 Å². The molecule has 3 heterocycles. The van der Waals surface area contributed by atoms with Crippen LogP contribution in [0, 0.1) is 0 Å². The smallest absolute Gasteiger partial charge is 0.276 e. The summed E-state index contributed by atoms with van der Waals surface area (Å²) in [5, 5.41) is 3.85. The number of hydrogen-bond donors (Lipinski definition) is 0. The van der Waals surface area contributed by atoms with Gasteiger partial charge in [-0.25, -0.2) is 0 Å². The first-order valence-corrected chi connectivity index (χ1v) is 6.59. The average molecular weight is 260 g/mol. The molecule has 1 amide bonds. The van der Waals surface area contributed by atoms with Gasteiger partial charge in [0.1, 0.15) is 11.5 Å². The summed E-state index contributed by atoms with van der Waals surface area (Å²) < 4.78 is 10.5. The van der Waals surface area contributed by atoms with Gasteiger partial charge in [0, 0.05) is 19.0 Å². The van der Waals surface area contributed by atoms with E-state index in [1.54, 1.807) is 12.3 Å². The number of nitrogens with zero attached hydrogens (tertiary/aromatic N) is 2. The second-order valence-electron chi connectivity index (χ2n) is 4.70. The summed E-state index contributed by atoms with van der Waals surface area (Å²) in [6, 6.07) is 5.50. The Morgan fingerprint density at radius 1 is 1.58 bits per heavy atom. The molecule has 5 nitrogen and oxygen atoms in total. The number of aromatic nitrogens is 1. The molecule has 0 bridgehead atoms. The zero-order chi connectivity index (χ0) is 13.2. The minimum absolute atomic E-state index is 0.0178. The van der Waals surface area contributed by atoms with Crippen molar-refractivity contribution in [2.75, 3.05) is 6.54 Å². The van der Waals surface area contributed by atoms with Gasteiger partial charge in [0.2, 0.25) is 0 Å². The number of likely N-dealkylation sites (tertiary alicyclic amines) is 1. The lowest BCUT2D eigenvalue weighted by molar-refractivity contribution is 0.0709. The molecule has 5 heteroatoms. The average Bonchev–Trinajstić information content (AvgIpc) is 3.16. The van der Waals surface area contributed by atoms with Crippen LogP contribution in [0.15, 0.2) is 33.4 Å². The molecule has 3 rings (SSSR count). The fourth-order valence-electron chi connectivity index (χ4n) is 2.51. The van der Waals surface area contributed by atoms with Gasteiger partial charge in [-0.1, -0.05) is 12.1 Å². The standard InChI is InChI=1S/C14H16N2O3/c1-2-10-9-11(15-19-10)14(17)16-7-3-5-12(16)13-6-4-8-18-13/h4,6,8-9,12H,2-3,5,7H2,1H3. The van der Waals surface area contributed by atoms with Crippen molar-refractivity contribution in [3.05, 3.63) is 41.7 Å². The van der Waals surface area contributed by atoms with E-state index in [2.05, 4.69) is 5.16 Å². The zero-order valence-corrected chi connectivity index (χ0v) is 10.8. The fourth-order valence-corrected chi connectivity index (χ4v) is 2.51. The molecule has 2 aromatic rings. The van der Waals surface area contributed by atoms with E-state index in [0.29, 0.717) is 5.69 Å². The summed E-state index contributed by atoms with van der Waals surface area (Å²) in [4.78, 5) is 14.3. The van der Waals surface area contributed by atoms with Crippen molar-refractivity contribution >= 4 is 5.91 Å². The monoisotopic (exact) mass is 260 g/mol. The quantitative estimate of drug-likeness (QED) is 0.851. The summed E-state index contributed by atoms with van der Waals surface area (Å²) >= 11 is 0. The van der Waals surface area contributed by atoms with Crippen molar-refractivity contribution in [1.29, 1.82) is 0 Å². The lowest BCUT2D eigenvalue weighted by Gasteiger charge is -2.21. The van der Waals surface area contributed by atoms with Gasteiger partial charge in [0.05, 0.1) is 12.3 Å². The molecule has 1 unspecified atom stereocenters. The van der Waals surface area contributed by atoms with Gasteiger partial charge in [0.25, 0.3) is 5.91 Å². The molecule has 0 saturated carbocycles. The van der Waals surface area contributed by atoms with E-state index < -0.39 is 0 Å². The Kier molecular flexibility index (Phi) is 3.11. The Morgan fingerprint density at radius 2 is 2.47 bits per heavy atom. The Bertz CT molecular complexity index is 559.